The molecule has 11 heteroatoms. The number of fused-ring (bicyclic) bond motifs is 2. The maximum absolute atomic E-state index is 13.2. The number of aromatic hydroxyl groups is 1. The number of carbonyl (C=O) groups excluding carboxylic acids is 1. The molecule has 4 rings (SSSR count). The van der Waals surface area contributed by atoms with Crippen LogP contribution in [0.4, 0.5) is 10.1 Å². The number of phenols is 1. The smallest absolute Gasteiger partial charge is 0.270 e. The van der Waals surface area contributed by atoms with E-state index in [1.54, 1.807) is 18.2 Å². The fourth-order valence-electron chi connectivity index (χ4n) is 3.72. The van der Waals surface area contributed by atoms with Gasteiger partial charge in [-0.15, -0.1) is 0 Å². The van der Waals surface area contributed by atoms with Crippen LogP contribution in [0.25, 0.3) is 10.9 Å². The molecule has 1 atom stereocenters. The summed E-state index contributed by atoms with van der Waals surface area (Å²) in [6.07, 6.45) is 3.99. The molecule has 0 aliphatic carbocycles. The van der Waals surface area contributed by atoms with Crippen molar-refractivity contribution >= 4 is 43.9 Å². The molecule has 0 saturated heterocycles. The summed E-state index contributed by atoms with van der Waals surface area (Å²) in [5.74, 6) is -1.30. The summed E-state index contributed by atoms with van der Waals surface area (Å²) >= 11 is -1.98. The van der Waals surface area contributed by atoms with Gasteiger partial charge in [-0.25, -0.2) is 12.8 Å². The van der Waals surface area contributed by atoms with Gasteiger partial charge in [0.05, 0.1) is 23.2 Å². The van der Waals surface area contributed by atoms with E-state index in [-0.39, 0.29) is 45.8 Å². The lowest BCUT2D eigenvalue weighted by molar-refractivity contribution is 0.0963. The molecule has 2 heterocycles. The van der Waals surface area contributed by atoms with Crippen LogP contribution in [0.1, 0.15) is 27.0 Å². The molecule has 0 radical (unpaired) electrons. The first-order valence-corrected chi connectivity index (χ1v) is 12.5. The van der Waals surface area contributed by atoms with Crippen LogP contribution in [0.3, 0.4) is 0 Å². The predicted octanol–water partition coefficient (Wildman–Crippen LogP) is 1.97. The number of nitrogens with zero attached hydrogens (tertiary/aromatic N) is 2. The van der Waals surface area contributed by atoms with Gasteiger partial charge in [0.1, 0.15) is 23.3 Å². The monoisotopic (exact) mass is 463 g/mol. The molecule has 1 unspecified atom stereocenters. The van der Waals surface area contributed by atoms with Gasteiger partial charge in [0, 0.05) is 23.7 Å². The molecular formula is C20H18FN3O5S2. The van der Waals surface area contributed by atoms with E-state index in [1.165, 1.54) is 24.6 Å². The average molecular weight is 464 g/mol. The summed E-state index contributed by atoms with van der Waals surface area (Å²) in [5, 5.41) is 13.5. The number of nitrogens with one attached hydrogen (secondary N) is 1. The lowest BCUT2D eigenvalue weighted by Crippen LogP contribution is -2.36. The summed E-state index contributed by atoms with van der Waals surface area (Å²) in [6.45, 7) is -0.0294. The van der Waals surface area contributed by atoms with E-state index in [1.807, 2.05) is 0 Å². The third kappa shape index (κ3) is 3.80. The minimum atomic E-state index is -3.99. The number of hydrogen-bond acceptors (Lipinski definition) is 6. The molecule has 0 bridgehead atoms. The molecule has 1 aliphatic heterocycles. The van der Waals surface area contributed by atoms with Gasteiger partial charge < -0.3 is 15.0 Å². The first-order chi connectivity index (χ1) is 14.6. The van der Waals surface area contributed by atoms with Gasteiger partial charge in [-0.1, -0.05) is 15.8 Å². The lowest BCUT2D eigenvalue weighted by atomic mass is 9.99. The first kappa shape index (κ1) is 21.3. The minimum Gasteiger partial charge on any atom is -0.592 e. The number of amides is 1. The van der Waals surface area contributed by atoms with Crippen LogP contribution in [0.2, 0.25) is 0 Å². The van der Waals surface area contributed by atoms with Crippen molar-refractivity contribution in [2.45, 2.75) is 13.0 Å². The van der Waals surface area contributed by atoms with Crippen molar-refractivity contribution < 1.29 is 27.3 Å². The molecule has 1 aliphatic rings. The molecule has 1 amide bonds. The first-order valence-electron chi connectivity index (χ1n) is 9.11. The molecule has 1 aromatic heterocycles. The highest BCUT2D eigenvalue weighted by atomic mass is 32.3. The fourth-order valence-corrected chi connectivity index (χ4v) is 6.25. The number of sulfonamides is 1. The van der Waals surface area contributed by atoms with E-state index in [2.05, 4.69) is 10.3 Å². The number of hydrogen-bond donors (Lipinski definition) is 2. The summed E-state index contributed by atoms with van der Waals surface area (Å²) in [5.41, 5.74) is 1.67. The van der Waals surface area contributed by atoms with E-state index in [4.69, 9.17) is 0 Å². The van der Waals surface area contributed by atoms with Crippen molar-refractivity contribution in [3.05, 3.63) is 64.6 Å². The number of phenolic OH excluding ortho intramolecular Hbond substituents is 1. The van der Waals surface area contributed by atoms with Crippen molar-refractivity contribution in [2.75, 3.05) is 16.2 Å². The third-order valence-electron chi connectivity index (χ3n) is 4.94. The maximum atomic E-state index is 13.2. The van der Waals surface area contributed by atoms with Crippen LogP contribution in [-0.2, 0) is 34.4 Å². The van der Waals surface area contributed by atoms with Gasteiger partial charge in [0.2, 0.25) is 0 Å². The van der Waals surface area contributed by atoms with E-state index in [9.17, 15) is 27.3 Å². The van der Waals surface area contributed by atoms with E-state index in [0.717, 1.165) is 15.5 Å². The van der Waals surface area contributed by atoms with E-state index in [0.29, 0.717) is 12.0 Å². The summed E-state index contributed by atoms with van der Waals surface area (Å²) in [6, 6.07) is 7.53. The van der Waals surface area contributed by atoms with Gasteiger partial charge in [-0.05, 0) is 35.7 Å². The van der Waals surface area contributed by atoms with Crippen LogP contribution in [0.15, 0.2) is 36.5 Å². The Balaban J connectivity index is 1.99. The molecular weight excluding hydrogens is 445 g/mol. The Morgan fingerprint density at radius 2 is 1.97 bits per heavy atom. The molecule has 2 N–H and O–H groups in total. The highest BCUT2D eigenvalue weighted by Gasteiger charge is 2.38. The third-order valence-corrected chi connectivity index (χ3v) is 7.82. The second-order valence-electron chi connectivity index (χ2n) is 7.19. The SMILES string of the molecule is C[S+]([O-])N(c1c2c(c(O)c3ncc(Cc4ccc(F)cc4)cc13)C(=O)NC2)S(C)(=O)=O. The van der Waals surface area contributed by atoms with Crippen molar-refractivity contribution in [2.24, 2.45) is 0 Å². The zero-order chi connectivity index (χ0) is 22.5. The number of halogens is 1. The molecule has 0 fully saturated rings. The van der Waals surface area contributed by atoms with Crippen LogP contribution in [-0.4, -0.2) is 41.5 Å². The highest BCUT2D eigenvalue weighted by molar-refractivity contribution is 8.09. The molecule has 162 valence electrons. The maximum Gasteiger partial charge on any atom is 0.270 e. The Morgan fingerprint density at radius 3 is 2.58 bits per heavy atom. The van der Waals surface area contributed by atoms with Gasteiger partial charge >= 0.3 is 0 Å². The Morgan fingerprint density at radius 1 is 1.29 bits per heavy atom. The zero-order valence-corrected chi connectivity index (χ0v) is 18.2. The number of rotatable bonds is 5. The number of aromatic nitrogens is 1. The van der Waals surface area contributed by atoms with E-state index >= 15 is 0 Å². The quantitative estimate of drug-likeness (QED) is 0.558. The largest absolute Gasteiger partial charge is 0.592 e. The molecule has 8 nitrogen and oxygen atoms in total. The Labute approximate surface area is 181 Å². The molecule has 0 spiro atoms. The zero-order valence-electron chi connectivity index (χ0n) is 16.5. The standard InChI is InChI=1S/C20H18FN3O5S2/c1-30(27)24(31(2,28)29)18-14-8-12(7-11-3-5-13(21)6-4-11)9-22-17(14)19(25)16-15(18)10-23-20(16)26/h3-6,8-9,25H,7,10H2,1-2H3,(H,23,26). The van der Waals surface area contributed by atoms with Gasteiger partial charge in [0.25, 0.3) is 15.9 Å². The Hall–Kier alpha value is -2.89. The van der Waals surface area contributed by atoms with Crippen molar-refractivity contribution in [3.63, 3.8) is 0 Å². The summed E-state index contributed by atoms with van der Waals surface area (Å²) in [7, 11) is -3.99. The fraction of sp³-hybridized carbons (Fsp3) is 0.200. The topological polar surface area (TPSA) is 123 Å². The normalized spacial score (nSPS) is 14.4. The van der Waals surface area contributed by atoms with Crippen LogP contribution in [0, 0.1) is 5.82 Å². The van der Waals surface area contributed by atoms with E-state index < -0.39 is 27.3 Å². The number of anilines is 1. The Bertz CT molecular complexity index is 1310. The van der Waals surface area contributed by atoms with Gasteiger partial charge in [0.15, 0.2) is 5.75 Å². The second kappa shape index (κ2) is 7.66. The molecule has 0 saturated carbocycles. The second-order valence-corrected chi connectivity index (χ2v) is 10.5. The highest BCUT2D eigenvalue weighted by Crippen LogP contribution is 2.43. The number of pyridine rings is 1. The molecule has 3 aromatic rings. The lowest BCUT2D eigenvalue weighted by Gasteiger charge is -2.25. The van der Waals surface area contributed by atoms with Crippen molar-refractivity contribution in [3.8, 4) is 5.75 Å². The van der Waals surface area contributed by atoms with Crippen LogP contribution >= 0.6 is 0 Å². The number of benzene rings is 2. The Kier molecular flexibility index (Phi) is 5.28. The predicted molar refractivity (Wildman–Crippen MR) is 115 cm³/mol. The molecule has 2 aromatic carbocycles. The number of carbonyl (C=O) groups is 1. The van der Waals surface area contributed by atoms with Gasteiger partial charge in [-0.2, -0.15) is 0 Å². The average Bonchev–Trinajstić information content (AvgIpc) is 3.07. The van der Waals surface area contributed by atoms with Gasteiger partial charge in [-0.3, -0.25) is 9.78 Å². The summed E-state index contributed by atoms with van der Waals surface area (Å²) < 4.78 is 51.4. The van der Waals surface area contributed by atoms with Crippen molar-refractivity contribution in [1.82, 2.24) is 10.3 Å². The van der Waals surface area contributed by atoms with Crippen LogP contribution in [0.5, 0.6) is 5.75 Å². The summed E-state index contributed by atoms with van der Waals surface area (Å²) in [4.78, 5) is 16.6. The minimum absolute atomic E-state index is 0.0211. The van der Waals surface area contributed by atoms with Crippen LogP contribution < -0.4 is 9.03 Å². The van der Waals surface area contributed by atoms with Crippen molar-refractivity contribution in [1.29, 1.82) is 0 Å². The molecule has 31 heavy (non-hydrogen) atoms.